The van der Waals surface area contributed by atoms with Crippen LogP contribution < -0.4 is 10.3 Å². The third-order valence-electron chi connectivity index (χ3n) is 4.84. The number of nitrogens with one attached hydrogen (secondary N) is 1. The maximum atomic E-state index is 12.6. The number of hydrogen-bond acceptors (Lipinski definition) is 7. The summed E-state index contributed by atoms with van der Waals surface area (Å²) in [5, 5.41) is 5.07. The van der Waals surface area contributed by atoms with Crippen molar-refractivity contribution in [3.63, 3.8) is 0 Å². The van der Waals surface area contributed by atoms with E-state index < -0.39 is 0 Å². The number of morpholine rings is 1. The number of nitrogens with zero attached hydrogens (tertiary/aromatic N) is 4. The Morgan fingerprint density at radius 1 is 1.27 bits per heavy atom. The Morgan fingerprint density at radius 3 is 2.63 bits per heavy atom. The average molecular weight is 430 g/mol. The molecule has 0 spiro atoms. The number of amides is 1. The van der Waals surface area contributed by atoms with Crippen LogP contribution in [-0.2, 0) is 9.53 Å². The van der Waals surface area contributed by atoms with Crippen molar-refractivity contribution in [2.45, 2.75) is 31.2 Å². The second-order valence-corrected chi connectivity index (χ2v) is 8.17. The Morgan fingerprint density at radius 2 is 1.97 bits per heavy atom. The number of H-pyrrole nitrogens is 1. The molecule has 158 valence electrons. The van der Waals surface area contributed by atoms with E-state index in [9.17, 15) is 9.59 Å². The summed E-state index contributed by atoms with van der Waals surface area (Å²) >= 11 is 1.21. The highest BCUT2D eigenvalue weighted by molar-refractivity contribution is 7.99. The quantitative estimate of drug-likeness (QED) is 0.488. The summed E-state index contributed by atoms with van der Waals surface area (Å²) in [6, 6.07) is 7.31. The van der Waals surface area contributed by atoms with E-state index in [2.05, 4.69) is 15.1 Å². The molecular weight excluding hydrogens is 406 g/mol. The second-order valence-electron chi connectivity index (χ2n) is 7.21. The van der Waals surface area contributed by atoms with Gasteiger partial charge < -0.3 is 19.4 Å². The van der Waals surface area contributed by atoms with Crippen molar-refractivity contribution in [3.8, 4) is 11.4 Å². The number of thioether (sulfide) groups is 1. The third kappa shape index (κ3) is 4.19. The van der Waals surface area contributed by atoms with Gasteiger partial charge in [-0.1, -0.05) is 11.8 Å². The molecule has 0 aliphatic carbocycles. The van der Waals surface area contributed by atoms with E-state index in [1.54, 1.807) is 16.7 Å². The van der Waals surface area contributed by atoms with Crippen LogP contribution in [0, 0.1) is 0 Å². The minimum Gasteiger partial charge on any atom is -0.497 e. The summed E-state index contributed by atoms with van der Waals surface area (Å²) in [6.07, 6.45) is 1.51. The molecular formula is C20H23N5O4S. The molecule has 9 nitrogen and oxygen atoms in total. The van der Waals surface area contributed by atoms with Crippen molar-refractivity contribution in [2.75, 3.05) is 26.0 Å². The molecule has 1 fully saturated rings. The van der Waals surface area contributed by atoms with Gasteiger partial charge in [0, 0.05) is 13.1 Å². The lowest BCUT2D eigenvalue weighted by Gasteiger charge is -2.35. The SMILES string of the molecule is COc1ccc(-n2ncc3c(=O)[nH]c(SCC(=O)N4CC(C)OC(C)C4)nc32)cc1. The number of fused-ring (bicyclic) bond motifs is 1. The van der Waals surface area contributed by atoms with Gasteiger partial charge in [-0.3, -0.25) is 9.59 Å². The van der Waals surface area contributed by atoms with Crippen LogP contribution in [0.2, 0.25) is 0 Å². The van der Waals surface area contributed by atoms with Gasteiger partial charge in [-0.2, -0.15) is 5.10 Å². The molecule has 2 unspecified atom stereocenters. The molecule has 1 aromatic carbocycles. The standard InChI is InChI=1S/C20H23N5O4S/c1-12-9-24(10-13(2)29-12)17(26)11-30-20-22-18-16(19(27)23-20)8-21-25(18)14-4-6-15(28-3)7-5-14/h4-8,12-13H,9-11H2,1-3H3,(H,22,23,27). The van der Waals surface area contributed by atoms with Gasteiger partial charge in [0.1, 0.15) is 11.1 Å². The van der Waals surface area contributed by atoms with Crippen molar-refractivity contribution in [1.29, 1.82) is 0 Å². The molecule has 10 heteroatoms. The molecule has 4 rings (SSSR count). The van der Waals surface area contributed by atoms with Gasteiger partial charge >= 0.3 is 0 Å². The van der Waals surface area contributed by atoms with E-state index >= 15 is 0 Å². The summed E-state index contributed by atoms with van der Waals surface area (Å²) in [4.78, 5) is 34.2. The van der Waals surface area contributed by atoms with E-state index in [1.807, 2.05) is 38.1 Å². The van der Waals surface area contributed by atoms with Crippen LogP contribution >= 0.6 is 11.8 Å². The highest BCUT2D eigenvalue weighted by Gasteiger charge is 2.26. The number of benzene rings is 1. The van der Waals surface area contributed by atoms with E-state index in [0.717, 1.165) is 11.4 Å². The molecule has 30 heavy (non-hydrogen) atoms. The number of aromatic amines is 1. The summed E-state index contributed by atoms with van der Waals surface area (Å²) in [7, 11) is 1.60. The minimum absolute atomic E-state index is 0.00610. The monoisotopic (exact) mass is 429 g/mol. The Balaban J connectivity index is 1.55. The van der Waals surface area contributed by atoms with E-state index in [1.165, 1.54) is 18.0 Å². The van der Waals surface area contributed by atoms with Crippen molar-refractivity contribution in [2.24, 2.45) is 0 Å². The van der Waals surface area contributed by atoms with Crippen LogP contribution in [-0.4, -0.2) is 68.7 Å². The van der Waals surface area contributed by atoms with Crippen molar-refractivity contribution < 1.29 is 14.3 Å². The fourth-order valence-corrected chi connectivity index (χ4v) is 4.24. The van der Waals surface area contributed by atoms with E-state index in [0.29, 0.717) is 29.3 Å². The highest BCUT2D eigenvalue weighted by Crippen LogP contribution is 2.21. The fourth-order valence-electron chi connectivity index (χ4n) is 3.48. The summed E-state index contributed by atoms with van der Waals surface area (Å²) < 4.78 is 12.5. The molecule has 1 N–H and O–H groups in total. The fraction of sp³-hybridized carbons (Fsp3) is 0.400. The van der Waals surface area contributed by atoms with Gasteiger partial charge in [0.15, 0.2) is 10.8 Å². The summed E-state index contributed by atoms with van der Waals surface area (Å²) in [5.74, 6) is 0.904. The van der Waals surface area contributed by atoms with Gasteiger partial charge in [0.2, 0.25) is 5.91 Å². The Hall–Kier alpha value is -2.85. The Kier molecular flexibility index (Phi) is 5.78. The minimum atomic E-state index is -0.289. The molecule has 3 heterocycles. The van der Waals surface area contributed by atoms with Crippen molar-refractivity contribution in [3.05, 3.63) is 40.8 Å². The Bertz CT molecular complexity index is 1100. The van der Waals surface area contributed by atoms with E-state index in [4.69, 9.17) is 9.47 Å². The van der Waals surface area contributed by atoms with Gasteiger partial charge in [-0.15, -0.1) is 0 Å². The molecule has 2 atom stereocenters. The van der Waals surface area contributed by atoms with Crippen molar-refractivity contribution in [1.82, 2.24) is 24.6 Å². The molecule has 1 amide bonds. The topological polar surface area (TPSA) is 102 Å². The van der Waals surface area contributed by atoms with Crippen LogP contribution in [0.25, 0.3) is 16.7 Å². The summed E-state index contributed by atoms with van der Waals surface area (Å²) in [6.45, 7) is 5.04. The largest absolute Gasteiger partial charge is 0.497 e. The normalized spacial score (nSPS) is 19.2. The number of hydrogen-bond donors (Lipinski definition) is 1. The Labute approximate surface area is 177 Å². The lowest BCUT2D eigenvalue weighted by atomic mass is 10.2. The van der Waals surface area contributed by atoms with Crippen LogP contribution in [0.1, 0.15) is 13.8 Å². The molecule has 1 saturated heterocycles. The first-order chi connectivity index (χ1) is 14.4. The predicted molar refractivity (Wildman–Crippen MR) is 113 cm³/mol. The van der Waals surface area contributed by atoms with Crippen LogP contribution in [0.3, 0.4) is 0 Å². The lowest BCUT2D eigenvalue weighted by molar-refractivity contribution is -0.140. The first-order valence-electron chi connectivity index (χ1n) is 9.63. The number of carbonyl (C=O) groups is 1. The first kappa shape index (κ1) is 20.4. The smallest absolute Gasteiger partial charge is 0.262 e. The zero-order valence-electron chi connectivity index (χ0n) is 17.0. The average Bonchev–Trinajstić information content (AvgIpc) is 3.16. The highest BCUT2D eigenvalue weighted by atomic mass is 32.2. The second kappa shape index (κ2) is 8.49. The van der Waals surface area contributed by atoms with E-state index in [-0.39, 0.29) is 29.4 Å². The maximum absolute atomic E-state index is 12.6. The number of methoxy groups -OCH3 is 1. The first-order valence-corrected chi connectivity index (χ1v) is 10.6. The van der Waals surface area contributed by atoms with Gasteiger partial charge in [0.25, 0.3) is 5.56 Å². The molecule has 0 radical (unpaired) electrons. The summed E-state index contributed by atoms with van der Waals surface area (Å²) in [5.41, 5.74) is 0.906. The van der Waals surface area contributed by atoms with Gasteiger partial charge in [-0.25, -0.2) is 9.67 Å². The van der Waals surface area contributed by atoms with Crippen LogP contribution in [0.15, 0.2) is 40.4 Å². The van der Waals surface area contributed by atoms with Gasteiger partial charge in [-0.05, 0) is 38.1 Å². The zero-order chi connectivity index (χ0) is 21.3. The maximum Gasteiger partial charge on any atom is 0.262 e. The molecule has 3 aromatic rings. The number of carbonyl (C=O) groups excluding carboxylic acids is 1. The number of aromatic nitrogens is 4. The number of rotatable bonds is 5. The molecule has 2 aromatic heterocycles. The third-order valence-corrected chi connectivity index (χ3v) is 5.70. The number of ether oxygens (including phenoxy) is 2. The van der Waals surface area contributed by atoms with Crippen LogP contribution in [0.5, 0.6) is 5.75 Å². The molecule has 0 saturated carbocycles. The van der Waals surface area contributed by atoms with Crippen molar-refractivity contribution >= 4 is 28.7 Å². The molecule has 1 aliphatic heterocycles. The van der Waals surface area contributed by atoms with Crippen LogP contribution in [0.4, 0.5) is 0 Å². The zero-order valence-corrected chi connectivity index (χ0v) is 17.8. The molecule has 0 bridgehead atoms. The predicted octanol–water partition coefficient (Wildman–Crippen LogP) is 1.85. The van der Waals surface area contributed by atoms with Gasteiger partial charge in [0.05, 0.1) is 37.0 Å². The lowest BCUT2D eigenvalue weighted by Crippen LogP contribution is -2.48. The molecule has 1 aliphatic rings.